The van der Waals surface area contributed by atoms with E-state index < -0.39 is 37.2 Å². The zero-order chi connectivity index (χ0) is 16.1. The van der Waals surface area contributed by atoms with Gasteiger partial charge in [-0.15, -0.1) is 0 Å². The summed E-state index contributed by atoms with van der Waals surface area (Å²) < 4.78 is 10.2. The number of rotatable bonds is 4. The molecule has 0 aromatic carbocycles. The largest absolute Gasteiger partial charge is 0.508 e. The molecule has 4 N–H and O–H groups in total. The van der Waals surface area contributed by atoms with Gasteiger partial charge in [0.15, 0.2) is 0 Å². The Balaban J connectivity index is 1.83. The van der Waals surface area contributed by atoms with Gasteiger partial charge in [-0.3, -0.25) is 0 Å². The van der Waals surface area contributed by atoms with Crippen molar-refractivity contribution in [3.8, 4) is 0 Å². The van der Waals surface area contributed by atoms with Gasteiger partial charge in [-0.1, -0.05) is 12.2 Å². The Labute approximate surface area is 127 Å². The summed E-state index contributed by atoms with van der Waals surface area (Å²) in [6.45, 7) is -0.481. The third-order valence-electron chi connectivity index (χ3n) is 3.56. The molecule has 7 nitrogen and oxygen atoms in total. The van der Waals surface area contributed by atoms with Crippen molar-refractivity contribution in [3.05, 3.63) is 36.1 Å². The summed E-state index contributed by atoms with van der Waals surface area (Å²) >= 11 is 0. The third-order valence-corrected chi connectivity index (χ3v) is 3.56. The number of carbonyl (C=O) groups excluding carboxylic acids is 1. The number of aliphatic hydroxyl groups excluding tert-OH is 4. The number of carbonyl (C=O) groups is 1. The lowest BCUT2D eigenvalue weighted by atomic mass is 10.00. The quantitative estimate of drug-likeness (QED) is 0.424. The van der Waals surface area contributed by atoms with E-state index in [9.17, 15) is 20.1 Å². The highest BCUT2D eigenvalue weighted by molar-refractivity contribution is 5.82. The smallest absolute Gasteiger partial charge is 0.332 e. The van der Waals surface area contributed by atoms with Gasteiger partial charge in [-0.25, -0.2) is 4.79 Å². The Morgan fingerprint density at radius 2 is 2.23 bits per heavy atom. The number of esters is 1. The van der Waals surface area contributed by atoms with Crippen LogP contribution < -0.4 is 0 Å². The second kappa shape index (κ2) is 7.55. The zero-order valence-corrected chi connectivity index (χ0v) is 11.9. The first-order valence-corrected chi connectivity index (χ1v) is 7.08. The summed E-state index contributed by atoms with van der Waals surface area (Å²) in [5, 5.41) is 37.4. The fourth-order valence-corrected chi connectivity index (χ4v) is 2.28. The predicted molar refractivity (Wildman–Crippen MR) is 75.6 cm³/mol. The molecule has 1 saturated heterocycles. The van der Waals surface area contributed by atoms with E-state index in [0.717, 1.165) is 0 Å². The molecule has 1 aliphatic carbocycles. The topological polar surface area (TPSA) is 116 Å². The van der Waals surface area contributed by atoms with Crippen LogP contribution in [-0.2, 0) is 14.3 Å². The van der Waals surface area contributed by atoms with Crippen molar-refractivity contribution in [3.63, 3.8) is 0 Å². The first kappa shape index (κ1) is 16.7. The molecular formula is C15H20O7. The molecule has 3 unspecified atom stereocenters. The van der Waals surface area contributed by atoms with Crippen LogP contribution in [0.3, 0.4) is 0 Å². The molecule has 7 heteroatoms. The SMILES string of the molecule is O=C(/C=C/C1C=CC(O)=CC1)O[C@H]1CC(O)[C@H](O)C(CO)O1. The van der Waals surface area contributed by atoms with Crippen LogP contribution in [0.15, 0.2) is 36.1 Å². The first-order valence-electron chi connectivity index (χ1n) is 7.08. The Hall–Kier alpha value is -1.67. The Kier molecular flexibility index (Phi) is 5.73. The highest BCUT2D eigenvalue weighted by atomic mass is 16.7. The summed E-state index contributed by atoms with van der Waals surface area (Å²) in [5.74, 6) is -0.448. The molecular weight excluding hydrogens is 292 g/mol. The lowest BCUT2D eigenvalue weighted by Crippen LogP contribution is -2.50. The van der Waals surface area contributed by atoms with Crippen LogP contribution in [0.4, 0.5) is 0 Å². The van der Waals surface area contributed by atoms with E-state index in [2.05, 4.69) is 0 Å². The van der Waals surface area contributed by atoms with Crippen molar-refractivity contribution in [2.45, 2.75) is 37.4 Å². The maximum Gasteiger partial charge on any atom is 0.332 e. The molecule has 2 rings (SSSR count). The van der Waals surface area contributed by atoms with Crippen molar-refractivity contribution in [1.82, 2.24) is 0 Å². The average molecular weight is 312 g/mol. The number of ether oxygens (including phenoxy) is 2. The van der Waals surface area contributed by atoms with E-state index in [-0.39, 0.29) is 18.1 Å². The number of aliphatic hydroxyl groups is 4. The van der Waals surface area contributed by atoms with Crippen LogP contribution in [0.25, 0.3) is 0 Å². The highest BCUT2D eigenvalue weighted by Crippen LogP contribution is 2.21. The molecule has 5 atom stereocenters. The van der Waals surface area contributed by atoms with Crippen LogP contribution in [-0.4, -0.2) is 57.6 Å². The summed E-state index contributed by atoms with van der Waals surface area (Å²) in [4.78, 5) is 11.7. The molecule has 0 amide bonds. The first-order chi connectivity index (χ1) is 10.5. The van der Waals surface area contributed by atoms with Crippen LogP contribution in [0, 0.1) is 5.92 Å². The zero-order valence-electron chi connectivity index (χ0n) is 11.9. The van der Waals surface area contributed by atoms with Crippen molar-refractivity contribution >= 4 is 5.97 Å². The molecule has 0 aromatic heterocycles. The number of hydrogen-bond donors (Lipinski definition) is 4. The third kappa shape index (κ3) is 4.41. The molecule has 1 aliphatic heterocycles. The second-order valence-corrected chi connectivity index (χ2v) is 5.26. The van der Waals surface area contributed by atoms with Gasteiger partial charge < -0.3 is 29.9 Å². The molecule has 22 heavy (non-hydrogen) atoms. The molecule has 2 aliphatic rings. The Morgan fingerprint density at radius 3 is 2.86 bits per heavy atom. The van der Waals surface area contributed by atoms with E-state index in [1.807, 2.05) is 0 Å². The van der Waals surface area contributed by atoms with E-state index in [1.54, 1.807) is 24.3 Å². The van der Waals surface area contributed by atoms with Gasteiger partial charge >= 0.3 is 5.97 Å². The van der Waals surface area contributed by atoms with Crippen molar-refractivity contribution in [2.24, 2.45) is 5.92 Å². The van der Waals surface area contributed by atoms with Crippen molar-refractivity contribution in [2.75, 3.05) is 6.61 Å². The molecule has 122 valence electrons. The fourth-order valence-electron chi connectivity index (χ4n) is 2.28. The van der Waals surface area contributed by atoms with E-state index >= 15 is 0 Å². The van der Waals surface area contributed by atoms with Crippen LogP contribution in [0.1, 0.15) is 12.8 Å². The highest BCUT2D eigenvalue weighted by Gasteiger charge is 2.37. The van der Waals surface area contributed by atoms with Crippen LogP contribution in [0.2, 0.25) is 0 Å². The summed E-state index contributed by atoms with van der Waals surface area (Å²) in [6.07, 6.45) is 4.05. The lowest BCUT2D eigenvalue weighted by molar-refractivity contribution is -0.249. The molecule has 0 spiro atoms. The van der Waals surface area contributed by atoms with E-state index in [0.29, 0.717) is 6.42 Å². The normalized spacial score (nSPS) is 35.4. The van der Waals surface area contributed by atoms with Crippen LogP contribution >= 0.6 is 0 Å². The van der Waals surface area contributed by atoms with E-state index in [1.165, 1.54) is 6.08 Å². The minimum Gasteiger partial charge on any atom is -0.508 e. The summed E-state index contributed by atoms with van der Waals surface area (Å²) in [6, 6.07) is 0. The minimum atomic E-state index is -1.21. The molecule has 1 heterocycles. The lowest BCUT2D eigenvalue weighted by Gasteiger charge is -2.35. The fraction of sp³-hybridized carbons (Fsp3) is 0.533. The molecule has 1 fully saturated rings. The average Bonchev–Trinajstić information content (AvgIpc) is 2.50. The van der Waals surface area contributed by atoms with Gasteiger partial charge in [0.1, 0.15) is 18.0 Å². The van der Waals surface area contributed by atoms with E-state index in [4.69, 9.17) is 14.6 Å². The van der Waals surface area contributed by atoms with Gasteiger partial charge in [-0.05, 0) is 24.5 Å². The van der Waals surface area contributed by atoms with Crippen molar-refractivity contribution in [1.29, 1.82) is 0 Å². The Morgan fingerprint density at radius 1 is 1.45 bits per heavy atom. The summed E-state index contributed by atoms with van der Waals surface area (Å²) in [5.41, 5.74) is 0. The number of hydrogen-bond acceptors (Lipinski definition) is 7. The molecule has 0 bridgehead atoms. The van der Waals surface area contributed by atoms with Gasteiger partial charge in [-0.2, -0.15) is 0 Å². The monoisotopic (exact) mass is 312 g/mol. The summed E-state index contributed by atoms with van der Waals surface area (Å²) in [7, 11) is 0. The Bertz CT molecular complexity index is 482. The van der Waals surface area contributed by atoms with Gasteiger partial charge in [0.2, 0.25) is 6.29 Å². The minimum absolute atomic E-state index is 0.00618. The van der Waals surface area contributed by atoms with Gasteiger partial charge in [0, 0.05) is 12.5 Å². The molecule has 0 aromatic rings. The van der Waals surface area contributed by atoms with Crippen LogP contribution in [0.5, 0.6) is 0 Å². The molecule has 0 radical (unpaired) electrons. The maximum atomic E-state index is 11.7. The molecule has 0 saturated carbocycles. The van der Waals surface area contributed by atoms with Crippen molar-refractivity contribution < 1.29 is 34.7 Å². The maximum absolute atomic E-state index is 11.7. The van der Waals surface area contributed by atoms with Gasteiger partial charge in [0.05, 0.1) is 12.7 Å². The second-order valence-electron chi connectivity index (χ2n) is 5.26. The van der Waals surface area contributed by atoms with Gasteiger partial charge in [0.25, 0.3) is 0 Å². The predicted octanol–water partition coefficient (Wildman–Crippen LogP) is -0.0671. The standard InChI is InChI=1S/C15H20O7/c16-8-12-15(20)11(18)7-14(21-12)22-13(19)6-3-9-1-4-10(17)5-2-9/h1,3-6,9,11-12,14-18,20H,2,7-8H2/b6-3+/t9?,11?,12?,14-,15-/m0/s1. The number of allylic oxidation sites excluding steroid dienone is 4.